The predicted molar refractivity (Wildman–Crippen MR) is 311 cm³/mol. The summed E-state index contributed by atoms with van der Waals surface area (Å²) in [5, 5.41) is 186. The molecule has 538 valence electrons. The number of rotatable bonds is 14. The van der Waals surface area contributed by atoms with Gasteiger partial charge < -0.3 is 144 Å². The molecule has 10 fully saturated rings. The molecule has 94 heavy (non-hydrogen) atoms. The molecule has 31 heteroatoms. The van der Waals surface area contributed by atoms with E-state index in [1.165, 1.54) is 6.92 Å². The van der Waals surface area contributed by atoms with E-state index >= 15 is 4.79 Å². The lowest BCUT2D eigenvalue weighted by Gasteiger charge is -2.71. The Kier molecular flexibility index (Phi) is 20.8. The summed E-state index contributed by atoms with van der Waals surface area (Å²) in [4.78, 5) is 27.9. The zero-order chi connectivity index (χ0) is 68.6. The summed E-state index contributed by atoms with van der Waals surface area (Å²) in [7, 11) is 0. The van der Waals surface area contributed by atoms with Gasteiger partial charge in [0.1, 0.15) is 115 Å². The van der Waals surface area contributed by atoms with Gasteiger partial charge in [-0.1, -0.05) is 60.1 Å². The van der Waals surface area contributed by atoms with E-state index in [1.807, 2.05) is 0 Å². The van der Waals surface area contributed by atoms with E-state index in [1.54, 1.807) is 0 Å². The van der Waals surface area contributed by atoms with Gasteiger partial charge in [0.05, 0.1) is 44.7 Å². The number of allylic oxidation sites excluding steroid dienone is 2. The maximum absolute atomic E-state index is 15.9. The lowest BCUT2D eigenvalue weighted by molar-refractivity contribution is -0.388. The highest BCUT2D eigenvalue weighted by atomic mass is 16.8. The van der Waals surface area contributed by atoms with Crippen LogP contribution in [-0.4, -0.2) is 303 Å². The summed E-state index contributed by atoms with van der Waals surface area (Å²) in [6.07, 6.45) is -43.0. The van der Waals surface area contributed by atoms with E-state index in [0.717, 1.165) is 5.57 Å². The number of fused-ring (bicyclic) bond motifs is 7. The van der Waals surface area contributed by atoms with Crippen molar-refractivity contribution >= 4 is 11.9 Å². The average molecular weight is 1350 g/mol. The molecule has 31 nitrogen and oxygen atoms in total. The van der Waals surface area contributed by atoms with Crippen molar-refractivity contribution in [3.63, 3.8) is 0 Å². The Hall–Kier alpha value is -2.40. The number of aliphatic hydroxyl groups is 16. The third-order valence-corrected chi connectivity index (χ3v) is 24.4. The van der Waals surface area contributed by atoms with Crippen molar-refractivity contribution in [3.05, 3.63) is 11.6 Å². The van der Waals surface area contributed by atoms with Gasteiger partial charge in [-0.25, -0.2) is 4.79 Å². The van der Waals surface area contributed by atoms with Crippen LogP contribution < -0.4 is 0 Å². The molecule has 6 saturated heterocycles. The Morgan fingerprint density at radius 3 is 1.73 bits per heavy atom. The number of carboxylic acid groups (broad SMARTS) is 1. The van der Waals surface area contributed by atoms with Crippen LogP contribution in [0.15, 0.2) is 11.6 Å². The van der Waals surface area contributed by atoms with Gasteiger partial charge >= 0.3 is 11.9 Å². The van der Waals surface area contributed by atoms with Crippen molar-refractivity contribution in [1.29, 1.82) is 0 Å². The molecule has 17 N–H and O–H groups in total. The average Bonchev–Trinajstić information content (AvgIpc) is 0.672. The van der Waals surface area contributed by atoms with Gasteiger partial charge in [0, 0.05) is 0 Å². The zero-order valence-corrected chi connectivity index (χ0v) is 54.1. The maximum atomic E-state index is 15.9. The van der Waals surface area contributed by atoms with Crippen LogP contribution in [-0.2, 0) is 66.4 Å². The van der Waals surface area contributed by atoms with Gasteiger partial charge in [0.25, 0.3) is 0 Å². The molecule has 4 saturated carbocycles. The molecular weight excluding hydrogens is 1250 g/mol. The Morgan fingerprint density at radius 1 is 0.521 bits per heavy atom. The minimum atomic E-state index is -2.11. The predicted octanol–water partition coefficient (Wildman–Crippen LogP) is -4.38. The molecule has 11 rings (SSSR count). The largest absolute Gasteiger partial charge is 0.479 e. The monoisotopic (exact) mass is 1350 g/mol. The van der Waals surface area contributed by atoms with Gasteiger partial charge in [-0.3, -0.25) is 4.79 Å². The minimum absolute atomic E-state index is 0.0157. The Morgan fingerprint density at radius 2 is 1.07 bits per heavy atom. The van der Waals surface area contributed by atoms with Crippen LogP contribution >= 0.6 is 0 Å². The first-order chi connectivity index (χ1) is 44.0. The summed E-state index contributed by atoms with van der Waals surface area (Å²) < 4.78 is 71.6. The number of aliphatic carboxylic acids is 1. The Balaban J connectivity index is 0.852. The van der Waals surface area contributed by atoms with Gasteiger partial charge in [0.2, 0.25) is 6.29 Å². The summed E-state index contributed by atoms with van der Waals surface area (Å²) in [5.74, 6) is -2.99. The van der Waals surface area contributed by atoms with Crippen LogP contribution in [0.25, 0.3) is 0 Å². The van der Waals surface area contributed by atoms with Crippen molar-refractivity contribution in [2.24, 2.45) is 50.2 Å². The quantitative estimate of drug-likeness (QED) is 0.0444. The van der Waals surface area contributed by atoms with E-state index in [0.29, 0.717) is 44.9 Å². The van der Waals surface area contributed by atoms with E-state index in [-0.39, 0.29) is 35.5 Å². The van der Waals surface area contributed by atoms with Crippen molar-refractivity contribution in [1.82, 2.24) is 0 Å². The molecule has 0 amide bonds. The van der Waals surface area contributed by atoms with Gasteiger partial charge in [0.15, 0.2) is 43.7 Å². The first-order valence-electron chi connectivity index (χ1n) is 33.0. The van der Waals surface area contributed by atoms with E-state index in [9.17, 15) is 91.6 Å². The van der Waals surface area contributed by atoms with Gasteiger partial charge in [-0.15, -0.1) is 0 Å². The van der Waals surface area contributed by atoms with Crippen LogP contribution in [0.5, 0.6) is 0 Å². The smallest absolute Gasteiger partial charge is 0.335 e. The molecule has 5 aliphatic carbocycles. The van der Waals surface area contributed by atoms with Crippen molar-refractivity contribution in [2.75, 3.05) is 26.4 Å². The van der Waals surface area contributed by atoms with E-state index in [4.69, 9.17) is 56.8 Å². The number of carbonyl (C=O) groups is 2. The third kappa shape index (κ3) is 12.3. The second kappa shape index (κ2) is 26.8. The molecule has 0 spiro atoms. The highest BCUT2D eigenvalue weighted by Crippen LogP contribution is 2.76. The van der Waals surface area contributed by atoms with Gasteiger partial charge in [-0.2, -0.15) is 0 Å². The number of ether oxygens (including phenoxy) is 12. The molecule has 0 aromatic carbocycles. The molecule has 0 aromatic rings. The van der Waals surface area contributed by atoms with Crippen LogP contribution in [0.3, 0.4) is 0 Å². The topological polar surface area (TPSA) is 489 Å². The molecule has 0 bridgehead atoms. The molecule has 0 unspecified atom stereocenters. The summed E-state index contributed by atoms with van der Waals surface area (Å²) >= 11 is 0. The summed E-state index contributed by atoms with van der Waals surface area (Å²) in [5.41, 5.74) is -3.11. The number of aliphatic hydroxyl groups excluding tert-OH is 16. The summed E-state index contributed by atoms with van der Waals surface area (Å²) in [6.45, 7) is 14.0. The normalized spacial score (nSPS) is 54.2. The van der Waals surface area contributed by atoms with Crippen LogP contribution in [0.2, 0.25) is 0 Å². The molecule has 0 radical (unpaired) electrons. The van der Waals surface area contributed by atoms with Gasteiger partial charge in [-0.05, 0) is 110 Å². The number of esters is 1. The first-order valence-corrected chi connectivity index (χ1v) is 33.0. The number of carbonyl (C=O) groups excluding carboxylic acids is 1. The molecule has 36 atom stereocenters. The number of carboxylic acids is 1. The fourth-order valence-corrected chi connectivity index (χ4v) is 18.7. The lowest BCUT2D eigenvalue weighted by atomic mass is 9.33. The molecule has 6 heterocycles. The number of hydrogen-bond acceptors (Lipinski definition) is 30. The standard InChI is InChI=1S/C63H100O31/c1-23-45(89-52-44(79)46(27(66)21-84-52)90-51-40(75)34(69)26(65)20-83-51)39(74)43(78)53(86-23)93-49-47(91-54-41(76)36(71)35(70)29(19-64)87-54)28(67)22-85-56(49)94-57(82)63-16-15-58(2,3)17-25(63)24-9-10-31-60(6)13-12-33(88-55-42(77)37(72)38(73)48(92-55)50(80)81)59(4,5)30(60)11-14-61(31,7)62(24,8)18-32(63)68/h9,23,25-49,51-56,64-79H,10-22H2,1-8H3,(H,80,81)/t23-,25-,26+,27+,28-,29+,30-,31+,32+,33-,34-,35+,36-,37-,38-,39-,40+,41+,42+,43+,44+,45-,46-,47+,48-,49-,51-,52-,53-,54-,55+,56+,60-,61+,62+,63+/m0/s1. The summed E-state index contributed by atoms with van der Waals surface area (Å²) in [6, 6.07) is 0. The Labute approximate surface area is 543 Å². The Bertz CT molecular complexity index is 2710. The highest BCUT2D eigenvalue weighted by molar-refractivity contribution is 5.80. The minimum Gasteiger partial charge on any atom is -0.479 e. The van der Waals surface area contributed by atoms with E-state index in [2.05, 4.69) is 54.5 Å². The SMILES string of the molecule is C[C@@H]1O[C@@H](O[C@@H]2[C@@H](OC(=O)[C@]34CCC(C)(C)C[C@H]3C3=CC[C@@H]5[C@@]6(C)CC[C@H](O[C@@H]7O[C@H](C(=O)O)[C@@H](O)[C@H](O)[C@H]7O)C(C)(C)[C@@H]6CC[C@@]5(C)[C@]3(C)C[C@H]4O)OC[C@H](O)[C@H]2O[C@@H]2O[C@H](CO)[C@@H](O)[C@H](O)[C@H]2O)[C@H](O)[C@H](O)[C@H]1O[C@@H]1OC[C@@H](O)[C@H](O[C@@H]2OC[C@@H](O)[C@H](O)[C@H]2O)[C@H]1O. The van der Waals surface area contributed by atoms with Crippen LogP contribution in [0.1, 0.15) is 113 Å². The fourth-order valence-electron chi connectivity index (χ4n) is 18.7. The lowest BCUT2D eigenvalue weighted by Crippen LogP contribution is -2.68. The molecule has 6 aliphatic heterocycles. The third-order valence-electron chi connectivity index (χ3n) is 24.4. The second-order valence-electron chi connectivity index (χ2n) is 30.7. The van der Waals surface area contributed by atoms with E-state index < -0.39 is 244 Å². The zero-order valence-electron chi connectivity index (χ0n) is 54.1. The highest BCUT2D eigenvalue weighted by Gasteiger charge is 2.72. The van der Waals surface area contributed by atoms with Crippen LogP contribution in [0.4, 0.5) is 0 Å². The first kappa shape index (κ1) is 72.8. The van der Waals surface area contributed by atoms with Crippen molar-refractivity contribution in [2.45, 2.75) is 291 Å². The maximum Gasteiger partial charge on any atom is 0.335 e. The van der Waals surface area contributed by atoms with Crippen LogP contribution in [0, 0.1) is 50.2 Å². The molecule has 11 aliphatic rings. The molecule has 0 aromatic heterocycles. The second-order valence-corrected chi connectivity index (χ2v) is 30.7. The molecular formula is C63H100O31. The van der Waals surface area contributed by atoms with Crippen molar-refractivity contribution in [3.8, 4) is 0 Å². The number of hydrogen-bond donors (Lipinski definition) is 17. The van der Waals surface area contributed by atoms with Crippen molar-refractivity contribution < 1.29 is 153 Å². The fraction of sp³-hybridized carbons (Fsp3) is 0.937.